The van der Waals surface area contributed by atoms with E-state index in [9.17, 15) is 33.4 Å². The van der Waals surface area contributed by atoms with Crippen LogP contribution in [0.4, 0.5) is 0 Å². The van der Waals surface area contributed by atoms with Crippen molar-refractivity contribution in [3.63, 3.8) is 0 Å². The Labute approximate surface area is 136 Å². The number of hydrogen-bond donors (Lipinski definition) is 6. The van der Waals surface area contributed by atoms with E-state index in [0.717, 1.165) is 0 Å². The van der Waals surface area contributed by atoms with E-state index in [-0.39, 0.29) is 24.5 Å². The lowest BCUT2D eigenvalue weighted by molar-refractivity contribution is -0.0584. The maximum atomic E-state index is 10.6. The van der Waals surface area contributed by atoms with E-state index in [1.54, 1.807) is 0 Å². The van der Waals surface area contributed by atoms with Gasteiger partial charge in [0.25, 0.3) is 0 Å². The first-order valence-electron chi connectivity index (χ1n) is 6.85. The molecule has 6 N–H and O–H groups in total. The predicted octanol–water partition coefficient (Wildman–Crippen LogP) is -4.35. The fraction of sp³-hybridized carbons (Fsp3) is 1.00. The van der Waals surface area contributed by atoms with Gasteiger partial charge in [-0.25, -0.2) is 8.42 Å². The van der Waals surface area contributed by atoms with E-state index in [1.807, 2.05) is 0 Å². The van der Waals surface area contributed by atoms with Crippen molar-refractivity contribution in [2.75, 3.05) is 24.7 Å². The van der Waals surface area contributed by atoms with E-state index in [0.29, 0.717) is 0 Å². The Morgan fingerprint density at radius 3 is 2.30 bits per heavy atom. The van der Waals surface area contributed by atoms with Crippen molar-refractivity contribution in [2.45, 2.75) is 42.2 Å². The van der Waals surface area contributed by atoms with Crippen LogP contribution in [0.5, 0.6) is 0 Å². The first kappa shape index (κ1) is 21.0. The molecule has 7 atom stereocenters. The molecule has 10 nitrogen and oxygen atoms in total. The van der Waals surface area contributed by atoms with Crippen molar-refractivity contribution in [3.8, 4) is 0 Å². The van der Waals surface area contributed by atoms with Gasteiger partial charge in [0.15, 0.2) is 0 Å². The van der Waals surface area contributed by atoms with Gasteiger partial charge in [0.2, 0.25) is 10.4 Å². The first-order chi connectivity index (χ1) is 10.6. The van der Waals surface area contributed by atoms with E-state index < -0.39 is 63.7 Å². The molecule has 23 heavy (non-hydrogen) atoms. The predicted molar refractivity (Wildman–Crippen MR) is 78.3 cm³/mol. The average Bonchev–Trinajstić information content (AvgIpc) is 2.45. The largest absolute Gasteiger partial charge is 0.726 e. The van der Waals surface area contributed by atoms with Gasteiger partial charge in [-0.1, -0.05) is 0 Å². The lowest BCUT2D eigenvalue weighted by atomic mass is 10.0. The summed E-state index contributed by atoms with van der Waals surface area (Å²) in [4.78, 5) is 0. The van der Waals surface area contributed by atoms with Gasteiger partial charge in [-0.2, -0.15) is 0 Å². The molecule has 0 aromatic rings. The highest BCUT2D eigenvalue weighted by molar-refractivity contribution is 7.97. The summed E-state index contributed by atoms with van der Waals surface area (Å²) in [6.45, 7) is -1.21. The van der Waals surface area contributed by atoms with Crippen molar-refractivity contribution < 1.29 is 47.8 Å². The summed E-state index contributed by atoms with van der Waals surface area (Å²) in [5.74, 6) is -0.158. The van der Waals surface area contributed by atoms with Gasteiger partial charge in [0, 0.05) is 13.0 Å². The zero-order valence-electron chi connectivity index (χ0n) is 12.1. The average molecular weight is 378 g/mol. The summed E-state index contributed by atoms with van der Waals surface area (Å²) in [7, 11) is -6.02. The molecule has 0 saturated carbocycles. The number of hydrogen-bond acceptors (Lipinski definition) is 10. The summed E-state index contributed by atoms with van der Waals surface area (Å²) >= 11 is 0. The smallest absolute Gasteiger partial charge is 0.218 e. The van der Waals surface area contributed by atoms with Crippen molar-refractivity contribution in [3.05, 3.63) is 0 Å². The number of rotatable bonds is 8. The minimum atomic E-state index is -5.12. The molecule has 1 heterocycles. The van der Waals surface area contributed by atoms with Gasteiger partial charge in [-0.05, 0) is 10.9 Å². The molecule has 1 saturated heterocycles. The van der Waals surface area contributed by atoms with Crippen molar-refractivity contribution in [1.82, 2.24) is 0 Å². The van der Waals surface area contributed by atoms with Crippen molar-refractivity contribution in [1.29, 1.82) is 0 Å². The summed E-state index contributed by atoms with van der Waals surface area (Å²) < 4.78 is 35.8. The third-order valence-electron chi connectivity index (χ3n) is 3.59. The Morgan fingerprint density at radius 1 is 1.22 bits per heavy atom. The Hall–Kier alpha value is -0.0200. The molecule has 138 valence electrons. The standard InChI is InChI=1S/C11H22O10S2/c12-2-1-9-11(17)10(16)7(15)5-22(9)4-6(14)8(3-13)21-23(18,19)20/h6-17H,1-5H2/t6-,7+,8+,9-,10-,11-,22?/m0/s1. The van der Waals surface area contributed by atoms with Crippen LogP contribution in [0.2, 0.25) is 0 Å². The molecule has 0 amide bonds. The Kier molecular flexibility index (Phi) is 8.13. The quantitative estimate of drug-likeness (QED) is 0.137. The van der Waals surface area contributed by atoms with Crippen LogP contribution < -0.4 is 0 Å². The Morgan fingerprint density at radius 2 is 1.83 bits per heavy atom. The molecule has 0 aromatic carbocycles. The van der Waals surface area contributed by atoms with E-state index in [1.165, 1.54) is 0 Å². The van der Waals surface area contributed by atoms with Gasteiger partial charge < -0.3 is 35.2 Å². The minimum Gasteiger partial charge on any atom is -0.726 e. The first-order valence-corrected chi connectivity index (χ1v) is 9.81. The van der Waals surface area contributed by atoms with Crippen LogP contribution in [0.1, 0.15) is 6.42 Å². The zero-order chi connectivity index (χ0) is 17.8. The Bertz CT molecular complexity index is 458. The molecule has 0 spiro atoms. The van der Waals surface area contributed by atoms with Crippen LogP contribution in [0.3, 0.4) is 0 Å². The monoisotopic (exact) mass is 378 g/mol. The fourth-order valence-corrected chi connectivity index (χ4v) is 5.84. The molecule has 12 heteroatoms. The highest BCUT2D eigenvalue weighted by atomic mass is 32.3. The topological polar surface area (TPSA) is 188 Å². The number of aliphatic hydroxyl groups is 6. The fourth-order valence-electron chi connectivity index (χ4n) is 2.44. The molecule has 0 aromatic heterocycles. The van der Waals surface area contributed by atoms with Crippen molar-refractivity contribution in [2.24, 2.45) is 0 Å². The highest BCUT2D eigenvalue weighted by Crippen LogP contribution is 2.27. The van der Waals surface area contributed by atoms with Crippen LogP contribution in [-0.2, 0) is 25.5 Å². The molecule has 1 fully saturated rings. The summed E-state index contributed by atoms with van der Waals surface area (Å²) in [6.07, 6.45) is -7.06. The molecule has 1 aliphatic heterocycles. The maximum Gasteiger partial charge on any atom is 0.218 e. The molecule has 0 aliphatic carbocycles. The third kappa shape index (κ3) is 6.08. The molecule has 1 aliphatic rings. The Balaban J connectivity index is 2.81. The zero-order valence-corrected chi connectivity index (χ0v) is 13.8. The van der Waals surface area contributed by atoms with Gasteiger partial charge >= 0.3 is 0 Å². The number of aliphatic hydroxyl groups excluding tert-OH is 6. The van der Waals surface area contributed by atoms with Gasteiger partial charge in [-0.3, -0.25) is 4.18 Å². The molecule has 0 bridgehead atoms. The summed E-state index contributed by atoms with van der Waals surface area (Å²) in [6, 6.07) is 0. The second-order valence-electron chi connectivity index (χ2n) is 5.26. The lowest BCUT2D eigenvalue weighted by Crippen LogP contribution is -2.58. The second-order valence-corrected chi connectivity index (χ2v) is 8.62. The van der Waals surface area contributed by atoms with E-state index in [2.05, 4.69) is 4.18 Å². The van der Waals surface area contributed by atoms with Crippen LogP contribution in [-0.4, -0.2) is 104 Å². The SMILES string of the molecule is O=S(=O)([O-])O[C@H](CO)[C@@H](O)C[S+]1C[C@@H](O)[C@H](O)[C@@H](O)[C@@H]1CCO. The van der Waals surface area contributed by atoms with Crippen molar-refractivity contribution >= 4 is 21.3 Å². The highest BCUT2D eigenvalue weighted by Gasteiger charge is 2.50. The molecule has 1 rings (SSSR count). The van der Waals surface area contributed by atoms with Crippen LogP contribution in [0.15, 0.2) is 0 Å². The molecule has 1 unspecified atom stereocenters. The van der Waals surface area contributed by atoms with Crippen LogP contribution in [0.25, 0.3) is 0 Å². The minimum absolute atomic E-state index is 0.0161. The maximum absolute atomic E-state index is 10.6. The second kappa shape index (κ2) is 8.89. The van der Waals surface area contributed by atoms with Gasteiger partial charge in [0.1, 0.15) is 47.3 Å². The molecular weight excluding hydrogens is 356 g/mol. The van der Waals surface area contributed by atoms with E-state index >= 15 is 0 Å². The van der Waals surface area contributed by atoms with Crippen LogP contribution >= 0.6 is 0 Å². The lowest BCUT2D eigenvalue weighted by Gasteiger charge is -2.35. The molecular formula is C11H22O10S2. The van der Waals surface area contributed by atoms with E-state index in [4.69, 9.17) is 10.2 Å². The van der Waals surface area contributed by atoms with Gasteiger partial charge in [0.05, 0.1) is 6.61 Å². The summed E-state index contributed by atoms with van der Waals surface area (Å²) in [5, 5.41) is 56.8. The summed E-state index contributed by atoms with van der Waals surface area (Å²) in [5.41, 5.74) is 0. The van der Waals surface area contributed by atoms with Gasteiger partial charge in [-0.15, -0.1) is 0 Å². The third-order valence-corrected chi connectivity index (χ3v) is 6.98. The van der Waals surface area contributed by atoms with Crippen LogP contribution in [0, 0.1) is 0 Å². The molecule has 0 radical (unpaired) electrons. The normalized spacial score (nSPS) is 35.0.